The van der Waals surface area contributed by atoms with Gasteiger partial charge in [-0.15, -0.1) is 5.10 Å². The van der Waals surface area contributed by atoms with Gasteiger partial charge in [0.25, 0.3) is 0 Å². The summed E-state index contributed by atoms with van der Waals surface area (Å²) in [4.78, 5) is 11.2. The van der Waals surface area contributed by atoms with Gasteiger partial charge in [0.15, 0.2) is 5.82 Å². The molecule has 94 valence electrons. The van der Waals surface area contributed by atoms with Crippen molar-refractivity contribution in [3.05, 3.63) is 41.8 Å². The van der Waals surface area contributed by atoms with E-state index in [4.69, 9.17) is 0 Å². The molecule has 0 aliphatic heterocycles. The predicted octanol–water partition coefficient (Wildman–Crippen LogP) is 1.81. The lowest BCUT2D eigenvalue weighted by Crippen LogP contribution is -2.09. The minimum Gasteiger partial charge on any atom is -0.308 e. The van der Waals surface area contributed by atoms with E-state index in [1.54, 1.807) is 29.9 Å². The van der Waals surface area contributed by atoms with Gasteiger partial charge in [0, 0.05) is 6.42 Å². The Hall–Kier alpha value is -2.24. The molecule has 1 aromatic heterocycles. The fourth-order valence-corrected chi connectivity index (χ4v) is 1.44. The van der Waals surface area contributed by atoms with Crippen LogP contribution in [0.1, 0.15) is 18.9 Å². The first-order valence-electron chi connectivity index (χ1n) is 5.62. The molecule has 5 nitrogen and oxygen atoms in total. The van der Waals surface area contributed by atoms with Gasteiger partial charge in [0.2, 0.25) is 5.91 Å². The maximum Gasteiger partial charge on any atom is 0.225 e. The van der Waals surface area contributed by atoms with E-state index < -0.39 is 0 Å². The molecule has 1 heterocycles. The number of anilines is 1. The Bertz CT molecular complexity index is 535. The maximum atomic E-state index is 12.7. The normalized spacial score (nSPS) is 10.3. The molecule has 6 heteroatoms. The van der Waals surface area contributed by atoms with Crippen molar-refractivity contribution in [2.24, 2.45) is 0 Å². The highest BCUT2D eigenvalue weighted by molar-refractivity contribution is 5.89. The molecule has 2 rings (SSSR count). The van der Waals surface area contributed by atoms with E-state index in [1.807, 2.05) is 0 Å². The summed E-state index contributed by atoms with van der Waals surface area (Å²) in [7, 11) is 0. The highest BCUT2D eigenvalue weighted by atomic mass is 19.1. The summed E-state index contributed by atoms with van der Waals surface area (Å²) in [5.74, 6) is 0.0426. The molecular weight excluding hydrogens is 235 g/mol. The lowest BCUT2D eigenvalue weighted by atomic mass is 10.2. The summed E-state index contributed by atoms with van der Waals surface area (Å²) in [6.45, 7) is 2.24. The Morgan fingerprint density at radius 1 is 1.39 bits per heavy atom. The molecule has 0 spiro atoms. The topological polar surface area (TPSA) is 59.8 Å². The fourth-order valence-electron chi connectivity index (χ4n) is 1.44. The van der Waals surface area contributed by atoms with Crippen molar-refractivity contribution in [2.75, 3.05) is 5.32 Å². The van der Waals surface area contributed by atoms with Crippen molar-refractivity contribution in [2.45, 2.75) is 19.9 Å². The number of carbonyl (C=O) groups excluding carboxylic acids is 1. The third-order valence-electron chi connectivity index (χ3n) is 2.39. The molecule has 0 radical (unpaired) electrons. The molecular formula is C12H13FN4O. The van der Waals surface area contributed by atoms with Gasteiger partial charge in [-0.1, -0.05) is 24.3 Å². The number of nitrogens with one attached hydrogen (secondary N) is 1. The van der Waals surface area contributed by atoms with E-state index in [0.29, 0.717) is 18.8 Å². The Labute approximate surface area is 104 Å². The van der Waals surface area contributed by atoms with Crippen molar-refractivity contribution in [3.63, 3.8) is 0 Å². The molecule has 1 aromatic carbocycles. The Kier molecular flexibility index (Phi) is 3.66. The highest BCUT2D eigenvalue weighted by Crippen LogP contribution is 2.06. The summed E-state index contributed by atoms with van der Waals surface area (Å²) >= 11 is 0. The SMILES string of the molecule is CCC(=O)Nc1cn(Cc2ccc(F)cc2)nn1. The zero-order chi connectivity index (χ0) is 13.0. The molecule has 18 heavy (non-hydrogen) atoms. The van der Waals surface area contributed by atoms with Gasteiger partial charge in [0.1, 0.15) is 5.82 Å². The fraction of sp³-hybridized carbons (Fsp3) is 0.250. The van der Waals surface area contributed by atoms with Crippen LogP contribution in [0, 0.1) is 5.82 Å². The summed E-state index contributed by atoms with van der Waals surface area (Å²) in [5, 5.41) is 10.3. The van der Waals surface area contributed by atoms with Crippen molar-refractivity contribution in [3.8, 4) is 0 Å². The maximum absolute atomic E-state index is 12.7. The van der Waals surface area contributed by atoms with Gasteiger partial charge in [-0.25, -0.2) is 9.07 Å². The second-order valence-corrected chi connectivity index (χ2v) is 3.83. The number of carbonyl (C=O) groups is 1. The van der Waals surface area contributed by atoms with Crippen molar-refractivity contribution >= 4 is 11.7 Å². The average molecular weight is 248 g/mol. The quantitative estimate of drug-likeness (QED) is 0.897. The van der Waals surface area contributed by atoms with Crippen LogP contribution in [0.3, 0.4) is 0 Å². The predicted molar refractivity (Wildman–Crippen MR) is 64.4 cm³/mol. The Morgan fingerprint density at radius 3 is 2.78 bits per heavy atom. The third-order valence-corrected chi connectivity index (χ3v) is 2.39. The minimum absolute atomic E-state index is 0.108. The monoisotopic (exact) mass is 248 g/mol. The van der Waals surface area contributed by atoms with E-state index in [9.17, 15) is 9.18 Å². The molecule has 0 saturated carbocycles. The zero-order valence-electron chi connectivity index (χ0n) is 9.93. The van der Waals surface area contributed by atoms with E-state index in [-0.39, 0.29) is 11.7 Å². The van der Waals surface area contributed by atoms with Crippen molar-refractivity contribution < 1.29 is 9.18 Å². The second-order valence-electron chi connectivity index (χ2n) is 3.83. The standard InChI is InChI=1S/C12H13FN4O/c1-2-12(18)14-11-8-17(16-15-11)7-9-3-5-10(13)6-4-9/h3-6,8H,2,7H2,1H3,(H,14,18). The van der Waals surface area contributed by atoms with Crippen molar-refractivity contribution in [1.29, 1.82) is 0 Å². The number of benzene rings is 1. The summed E-state index contributed by atoms with van der Waals surface area (Å²) in [5.41, 5.74) is 0.912. The number of hydrogen-bond donors (Lipinski definition) is 1. The lowest BCUT2D eigenvalue weighted by molar-refractivity contribution is -0.115. The van der Waals surface area contributed by atoms with Crippen molar-refractivity contribution in [1.82, 2.24) is 15.0 Å². The highest BCUT2D eigenvalue weighted by Gasteiger charge is 2.04. The summed E-state index contributed by atoms with van der Waals surface area (Å²) in [6.07, 6.45) is 2.03. The molecule has 0 aliphatic rings. The lowest BCUT2D eigenvalue weighted by Gasteiger charge is -2.00. The van der Waals surface area contributed by atoms with Gasteiger partial charge in [0.05, 0.1) is 12.7 Å². The second kappa shape index (κ2) is 5.39. The van der Waals surface area contributed by atoms with Crippen LogP contribution in [0.15, 0.2) is 30.5 Å². The largest absolute Gasteiger partial charge is 0.308 e. The number of hydrogen-bond acceptors (Lipinski definition) is 3. The first-order chi connectivity index (χ1) is 8.67. The van der Waals surface area contributed by atoms with Crippen LogP contribution in [0.2, 0.25) is 0 Å². The Morgan fingerprint density at radius 2 is 2.11 bits per heavy atom. The zero-order valence-corrected chi connectivity index (χ0v) is 9.93. The number of nitrogens with zero attached hydrogens (tertiary/aromatic N) is 3. The minimum atomic E-state index is -0.270. The van der Waals surface area contributed by atoms with Gasteiger partial charge in [-0.05, 0) is 17.7 Å². The summed E-state index contributed by atoms with van der Waals surface area (Å²) < 4.78 is 14.3. The first kappa shape index (κ1) is 12.2. The average Bonchev–Trinajstić information content (AvgIpc) is 2.79. The molecule has 0 aliphatic carbocycles. The first-order valence-corrected chi connectivity index (χ1v) is 5.62. The van der Waals surface area contributed by atoms with Crippen LogP contribution in [0.4, 0.5) is 10.2 Å². The van der Waals surface area contributed by atoms with Gasteiger partial charge in [-0.2, -0.15) is 0 Å². The van der Waals surface area contributed by atoms with Crippen LogP contribution in [-0.4, -0.2) is 20.9 Å². The van der Waals surface area contributed by atoms with Gasteiger partial charge < -0.3 is 5.32 Å². The molecule has 0 fully saturated rings. The number of aromatic nitrogens is 3. The van der Waals surface area contributed by atoms with E-state index in [2.05, 4.69) is 15.6 Å². The molecule has 2 aromatic rings. The van der Waals surface area contributed by atoms with E-state index in [0.717, 1.165) is 5.56 Å². The molecule has 1 N–H and O–H groups in total. The number of rotatable bonds is 4. The van der Waals surface area contributed by atoms with E-state index in [1.165, 1.54) is 12.1 Å². The van der Waals surface area contributed by atoms with Crippen LogP contribution >= 0.6 is 0 Å². The molecule has 1 amide bonds. The molecule has 0 bridgehead atoms. The molecule has 0 unspecified atom stereocenters. The number of amides is 1. The van der Waals surface area contributed by atoms with Gasteiger partial charge >= 0.3 is 0 Å². The third kappa shape index (κ3) is 3.13. The van der Waals surface area contributed by atoms with E-state index >= 15 is 0 Å². The summed E-state index contributed by atoms with van der Waals surface area (Å²) in [6, 6.07) is 6.15. The molecule has 0 atom stereocenters. The number of halogens is 1. The van der Waals surface area contributed by atoms with Gasteiger partial charge in [-0.3, -0.25) is 4.79 Å². The van der Waals surface area contributed by atoms with Crippen LogP contribution < -0.4 is 5.32 Å². The Balaban J connectivity index is 2.02. The smallest absolute Gasteiger partial charge is 0.225 e. The van der Waals surface area contributed by atoms with Crippen LogP contribution in [0.25, 0.3) is 0 Å². The van der Waals surface area contributed by atoms with Crippen LogP contribution in [0.5, 0.6) is 0 Å². The van der Waals surface area contributed by atoms with Crippen LogP contribution in [-0.2, 0) is 11.3 Å². The molecule has 0 saturated heterocycles.